The van der Waals surface area contributed by atoms with Gasteiger partial charge in [0.2, 0.25) is 0 Å². The highest BCUT2D eigenvalue weighted by Crippen LogP contribution is 2.30. The third kappa shape index (κ3) is 3.39. The Morgan fingerprint density at radius 2 is 1.50 bits per heavy atom. The minimum atomic E-state index is 0.572. The quantitative estimate of drug-likeness (QED) is 0.632. The molecule has 0 unspecified atom stereocenters. The van der Waals surface area contributed by atoms with Crippen LogP contribution in [0.3, 0.4) is 0 Å². The molecule has 0 nitrogen and oxygen atoms in total. The Balaban J connectivity index is 3.47. The van der Waals surface area contributed by atoms with Crippen molar-refractivity contribution >= 4 is 0 Å². The summed E-state index contributed by atoms with van der Waals surface area (Å²) < 4.78 is 0. The first-order chi connectivity index (χ1) is 8.51. The van der Waals surface area contributed by atoms with Gasteiger partial charge in [-0.05, 0) is 54.0 Å². The molecule has 0 fully saturated rings. The lowest BCUT2D eigenvalue weighted by Gasteiger charge is -2.20. The molecule has 18 heavy (non-hydrogen) atoms. The van der Waals surface area contributed by atoms with Gasteiger partial charge in [0, 0.05) is 5.56 Å². The van der Waals surface area contributed by atoms with Gasteiger partial charge in [-0.25, -0.2) is 0 Å². The molecule has 0 aliphatic rings. The van der Waals surface area contributed by atoms with Gasteiger partial charge in [0.25, 0.3) is 0 Å². The van der Waals surface area contributed by atoms with Crippen LogP contribution in [0.5, 0.6) is 0 Å². The van der Waals surface area contributed by atoms with Crippen LogP contribution in [0, 0.1) is 11.8 Å². The van der Waals surface area contributed by atoms with E-state index in [1.165, 1.54) is 29.5 Å². The molecule has 0 saturated heterocycles. The van der Waals surface area contributed by atoms with E-state index in [4.69, 9.17) is 0 Å². The smallest absolute Gasteiger partial charge is 0.0251 e. The highest BCUT2D eigenvalue weighted by atomic mass is 14.2. The van der Waals surface area contributed by atoms with Crippen LogP contribution in [0.2, 0.25) is 0 Å². The zero-order valence-corrected chi connectivity index (χ0v) is 12.7. The van der Waals surface area contributed by atoms with Crippen LogP contribution in [0.15, 0.2) is 12.1 Å². The lowest BCUT2D eigenvalue weighted by Crippen LogP contribution is -2.04. The van der Waals surface area contributed by atoms with Crippen LogP contribution in [0.25, 0.3) is 0 Å². The van der Waals surface area contributed by atoms with E-state index in [9.17, 15) is 0 Å². The Morgan fingerprint density at radius 1 is 1.00 bits per heavy atom. The Labute approximate surface area is 113 Å². The van der Waals surface area contributed by atoms with Crippen LogP contribution in [-0.4, -0.2) is 0 Å². The van der Waals surface area contributed by atoms with Crippen LogP contribution in [0.4, 0.5) is 0 Å². The largest absolute Gasteiger partial charge is 0.101 e. The van der Waals surface area contributed by atoms with Crippen molar-refractivity contribution in [3.05, 3.63) is 34.4 Å². The van der Waals surface area contributed by atoms with E-state index in [1.807, 2.05) is 6.92 Å². The number of hydrogen-bond acceptors (Lipinski definition) is 0. The second kappa shape index (κ2) is 6.64. The van der Waals surface area contributed by atoms with E-state index >= 15 is 0 Å². The predicted octanol–water partition coefficient (Wildman–Crippen LogP) is 5.26. The second-order valence-electron chi connectivity index (χ2n) is 5.57. The van der Waals surface area contributed by atoms with E-state index in [1.54, 1.807) is 5.56 Å². The summed E-state index contributed by atoms with van der Waals surface area (Å²) in [6.45, 7) is 13.3. The van der Waals surface area contributed by atoms with Gasteiger partial charge in [0.15, 0.2) is 0 Å². The average molecular weight is 242 g/mol. The van der Waals surface area contributed by atoms with E-state index in [-0.39, 0.29) is 0 Å². The van der Waals surface area contributed by atoms with Crippen molar-refractivity contribution in [3.63, 3.8) is 0 Å². The maximum Gasteiger partial charge on any atom is 0.0251 e. The maximum absolute atomic E-state index is 3.22. The summed E-state index contributed by atoms with van der Waals surface area (Å²) in [7, 11) is 0. The lowest BCUT2D eigenvalue weighted by molar-refractivity contribution is 0.777. The van der Waals surface area contributed by atoms with Gasteiger partial charge in [0.05, 0.1) is 0 Å². The van der Waals surface area contributed by atoms with Crippen LogP contribution >= 0.6 is 0 Å². The molecule has 0 aliphatic carbocycles. The molecule has 0 aliphatic heterocycles. The summed E-state index contributed by atoms with van der Waals surface area (Å²) >= 11 is 0. The zero-order valence-electron chi connectivity index (χ0n) is 12.7. The molecule has 0 saturated carbocycles. The number of rotatable bonds is 4. The molecule has 0 N–H and O–H groups in total. The van der Waals surface area contributed by atoms with Gasteiger partial charge in [-0.1, -0.05) is 47.0 Å². The zero-order chi connectivity index (χ0) is 13.7. The first-order valence-corrected chi connectivity index (χ1v) is 7.10. The van der Waals surface area contributed by atoms with Gasteiger partial charge < -0.3 is 0 Å². The summed E-state index contributed by atoms with van der Waals surface area (Å²) in [5.74, 6) is 7.38. The summed E-state index contributed by atoms with van der Waals surface area (Å²) in [6.07, 6.45) is 2.39. The molecule has 0 aromatic heterocycles. The van der Waals surface area contributed by atoms with Gasteiger partial charge in [0.1, 0.15) is 0 Å². The highest BCUT2D eigenvalue weighted by molar-refractivity contribution is 5.48. The van der Waals surface area contributed by atoms with Crippen molar-refractivity contribution < 1.29 is 0 Å². The molecule has 0 amide bonds. The minimum absolute atomic E-state index is 0.572. The Hall–Kier alpha value is -1.22. The molecule has 1 rings (SSSR count). The van der Waals surface area contributed by atoms with Crippen molar-refractivity contribution in [3.8, 4) is 11.8 Å². The van der Waals surface area contributed by atoms with Crippen molar-refractivity contribution in [2.75, 3.05) is 0 Å². The van der Waals surface area contributed by atoms with E-state index in [2.05, 4.69) is 58.6 Å². The molecule has 0 atom stereocenters. The number of benzene rings is 1. The Bertz CT molecular complexity index is 424. The standard InChI is InChI=1S/C18H26/c1-7-9-15-11-17(13(3)4)16(10-8-2)18(12-15)14(5)6/h11-14H,8,10H2,1-6H3. The molecule has 1 aromatic rings. The SMILES string of the molecule is CC#Cc1cc(C(C)C)c(CCC)c(C(C)C)c1. The lowest BCUT2D eigenvalue weighted by atomic mass is 9.85. The van der Waals surface area contributed by atoms with Crippen molar-refractivity contribution in [1.82, 2.24) is 0 Å². The molecular formula is C18H26. The molecule has 1 aromatic carbocycles. The first-order valence-electron chi connectivity index (χ1n) is 7.10. The fraction of sp³-hybridized carbons (Fsp3) is 0.556. The second-order valence-corrected chi connectivity index (χ2v) is 5.57. The first kappa shape index (κ1) is 14.8. The van der Waals surface area contributed by atoms with E-state index in [0.717, 1.165) is 0 Å². The van der Waals surface area contributed by atoms with Gasteiger partial charge >= 0.3 is 0 Å². The summed E-state index contributed by atoms with van der Waals surface area (Å²) in [5, 5.41) is 0. The third-order valence-electron chi connectivity index (χ3n) is 3.33. The topological polar surface area (TPSA) is 0 Å². The van der Waals surface area contributed by atoms with Crippen LogP contribution in [0.1, 0.15) is 82.1 Å². The number of hydrogen-bond donors (Lipinski definition) is 0. The third-order valence-corrected chi connectivity index (χ3v) is 3.33. The molecule has 0 spiro atoms. The fourth-order valence-corrected chi connectivity index (χ4v) is 2.50. The van der Waals surface area contributed by atoms with Crippen molar-refractivity contribution in [1.29, 1.82) is 0 Å². The Morgan fingerprint density at radius 3 is 1.83 bits per heavy atom. The van der Waals surface area contributed by atoms with Crippen LogP contribution < -0.4 is 0 Å². The molecular weight excluding hydrogens is 216 g/mol. The maximum atomic E-state index is 3.22. The van der Waals surface area contributed by atoms with Crippen molar-refractivity contribution in [2.24, 2.45) is 0 Å². The van der Waals surface area contributed by atoms with Gasteiger partial charge in [-0.2, -0.15) is 0 Å². The van der Waals surface area contributed by atoms with Gasteiger partial charge in [-0.3, -0.25) is 0 Å². The average Bonchev–Trinajstić information content (AvgIpc) is 2.30. The normalized spacial score (nSPS) is 10.7. The molecule has 98 valence electrons. The van der Waals surface area contributed by atoms with E-state index in [0.29, 0.717) is 11.8 Å². The summed E-state index contributed by atoms with van der Waals surface area (Å²) in [4.78, 5) is 0. The summed E-state index contributed by atoms with van der Waals surface area (Å²) in [5.41, 5.74) is 5.70. The monoisotopic (exact) mass is 242 g/mol. The molecule has 0 bridgehead atoms. The van der Waals surface area contributed by atoms with E-state index < -0.39 is 0 Å². The Kier molecular flexibility index (Phi) is 5.48. The highest BCUT2D eigenvalue weighted by Gasteiger charge is 2.14. The van der Waals surface area contributed by atoms with Crippen LogP contribution in [-0.2, 0) is 6.42 Å². The fourth-order valence-electron chi connectivity index (χ4n) is 2.50. The minimum Gasteiger partial charge on any atom is -0.101 e. The molecule has 0 heteroatoms. The molecule has 0 heterocycles. The predicted molar refractivity (Wildman–Crippen MR) is 81.2 cm³/mol. The van der Waals surface area contributed by atoms with Crippen molar-refractivity contribution in [2.45, 2.75) is 66.2 Å². The molecule has 0 radical (unpaired) electrons. The van der Waals surface area contributed by atoms with Gasteiger partial charge in [-0.15, -0.1) is 5.92 Å². The summed E-state index contributed by atoms with van der Waals surface area (Å²) in [6, 6.07) is 4.58.